The van der Waals surface area contributed by atoms with E-state index in [-0.39, 0.29) is 5.78 Å². The molecule has 0 amide bonds. The van der Waals surface area contributed by atoms with Gasteiger partial charge in [-0.05, 0) is 60.6 Å². The maximum Gasteiger partial charge on any atom is 0.176 e. The minimum Gasteiger partial charge on any atom is -0.299 e. The van der Waals surface area contributed by atoms with Crippen molar-refractivity contribution in [2.75, 3.05) is 0 Å². The summed E-state index contributed by atoms with van der Waals surface area (Å²) in [7, 11) is 0. The zero-order valence-electron chi connectivity index (χ0n) is 22.0. The Labute approximate surface area is 230 Å². The number of hydrogen-bond acceptors (Lipinski definition) is 2. The number of allylic oxidation sites excluding steroid dienone is 6. The van der Waals surface area contributed by atoms with Gasteiger partial charge in [-0.25, -0.2) is 17.6 Å². The summed E-state index contributed by atoms with van der Waals surface area (Å²) in [6.07, 6.45) is 8.03. The summed E-state index contributed by atoms with van der Waals surface area (Å²) in [5.41, 5.74) is 4.66. The number of Topliss-reactive ketones (excluding diaryl/α,β-unsaturated/α-hetero) is 2. The van der Waals surface area contributed by atoms with E-state index in [0.29, 0.717) is 43.4 Å². The van der Waals surface area contributed by atoms with E-state index in [2.05, 4.69) is 0 Å². The van der Waals surface area contributed by atoms with Crippen LogP contribution >= 0.6 is 0 Å². The number of ketones is 2. The maximum absolute atomic E-state index is 14.7. The Morgan fingerprint density at radius 3 is 2.25 bits per heavy atom. The molecule has 2 aliphatic rings. The molecule has 0 aromatic heterocycles. The Morgan fingerprint density at radius 1 is 0.875 bits per heavy atom. The van der Waals surface area contributed by atoms with Crippen molar-refractivity contribution >= 4 is 17.1 Å². The molecule has 0 spiro atoms. The first kappa shape index (κ1) is 27.5. The van der Waals surface area contributed by atoms with Gasteiger partial charge in [-0.3, -0.25) is 9.59 Å². The first-order valence-electron chi connectivity index (χ1n) is 13.3. The van der Waals surface area contributed by atoms with Crippen LogP contribution in [-0.2, 0) is 11.2 Å². The first-order chi connectivity index (χ1) is 19.2. The van der Waals surface area contributed by atoms with Crippen LogP contribution in [0, 0.1) is 29.2 Å². The molecule has 0 bridgehead atoms. The van der Waals surface area contributed by atoms with Gasteiger partial charge in [0.1, 0.15) is 29.1 Å². The fourth-order valence-corrected chi connectivity index (χ4v) is 5.75. The Kier molecular flexibility index (Phi) is 7.97. The third-order valence-electron chi connectivity index (χ3n) is 7.69. The van der Waals surface area contributed by atoms with Gasteiger partial charge >= 0.3 is 0 Å². The molecule has 3 aromatic rings. The Bertz CT molecular complexity index is 1540. The fourth-order valence-electron chi connectivity index (χ4n) is 5.75. The number of benzene rings is 3. The summed E-state index contributed by atoms with van der Waals surface area (Å²) in [6.45, 7) is 2.03. The second-order valence-corrected chi connectivity index (χ2v) is 10.6. The van der Waals surface area contributed by atoms with Gasteiger partial charge in [0.05, 0.1) is 5.56 Å². The molecule has 0 radical (unpaired) electrons. The smallest absolute Gasteiger partial charge is 0.176 e. The van der Waals surface area contributed by atoms with E-state index < -0.39 is 46.5 Å². The molecule has 0 saturated carbocycles. The monoisotopic (exact) mass is 544 g/mol. The summed E-state index contributed by atoms with van der Waals surface area (Å²) in [5, 5.41) is 0. The Balaban J connectivity index is 1.45. The molecule has 0 saturated heterocycles. The predicted octanol–water partition coefficient (Wildman–Crippen LogP) is 8.48. The highest BCUT2D eigenvalue weighted by molar-refractivity contribution is 6.02. The first-order valence-corrected chi connectivity index (χ1v) is 13.3. The van der Waals surface area contributed by atoms with E-state index in [1.54, 1.807) is 18.2 Å². The molecule has 40 heavy (non-hydrogen) atoms. The van der Waals surface area contributed by atoms with Gasteiger partial charge in [-0.2, -0.15) is 0 Å². The van der Waals surface area contributed by atoms with Crippen molar-refractivity contribution in [2.24, 2.45) is 5.92 Å². The number of halogens is 4. The summed E-state index contributed by atoms with van der Waals surface area (Å²) in [6, 6.07) is 14.3. The zero-order chi connectivity index (χ0) is 28.4. The van der Waals surface area contributed by atoms with Crippen molar-refractivity contribution < 1.29 is 27.2 Å². The van der Waals surface area contributed by atoms with Gasteiger partial charge in [0.2, 0.25) is 0 Å². The van der Waals surface area contributed by atoms with Crippen LogP contribution in [0.3, 0.4) is 0 Å². The second kappa shape index (κ2) is 11.6. The lowest BCUT2D eigenvalue weighted by molar-refractivity contribution is -0.118. The molecule has 2 aliphatic carbocycles. The lowest BCUT2D eigenvalue weighted by Crippen LogP contribution is -2.21. The van der Waals surface area contributed by atoms with Gasteiger partial charge in [-0.15, -0.1) is 0 Å². The lowest BCUT2D eigenvalue weighted by Gasteiger charge is -2.22. The number of aryl methyl sites for hydroxylation is 1. The average molecular weight is 545 g/mol. The van der Waals surface area contributed by atoms with Crippen molar-refractivity contribution in [3.05, 3.63) is 136 Å². The van der Waals surface area contributed by atoms with Gasteiger partial charge in [0, 0.05) is 36.8 Å². The van der Waals surface area contributed by atoms with E-state index in [9.17, 15) is 27.2 Å². The molecule has 0 fully saturated rings. The number of hydrogen-bond donors (Lipinski definition) is 0. The van der Waals surface area contributed by atoms with E-state index in [1.165, 1.54) is 17.7 Å². The van der Waals surface area contributed by atoms with Crippen LogP contribution < -0.4 is 0 Å². The summed E-state index contributed by atoms with van der Waals surface area (Å²) in [4.78, 5) is 26.4. The molecule has 0 aliphatic heterocycles. The van der Waals surface area contributed by atoms with Crippen LogP contribution in [0.5, 0.6) is 0 Å². The second-order valence-electron chi connectivity index (χ2n) is 10.6. The van der Waals surface area contributed by atoms with Crippen molar-refractivity contribution in [1.82, 2.24) is 0 Å². The van der Waals surface area contributed by atoms with E-state index >= 15 is 0 Å². The molecule has 5 rings (SSSR count). The van der Waals surface area contributed by atoms with E-state index in [0.717, 1.165) is 28.7 Å². The highest BCUT2D eigenvalue weighted by Crippen LogP contribution is 2.45. The van der Waals surface area contributed by atoms with Crippen molar-refractivity contribution in [2.45, 2.75) is 44.9 Å². The topological polar surface area (TPSA) is 34.1 Å². The fraction of sp³-hybridized carbons (Fsp3) is 0.235. The average Bonchev–Trinajstić information content (AvgIpc) is 3.54. The van der Waals surface area contributed by atoms with Crippen LogP contribution in [-0.4, -0.2) is 11.6 Å². The third-order valence-corrected chi connectivity index (χ3v) is 7.69. The Hall–Kier alpha value is -4.06. The SMILES string of the molecule is CC1=CC=C(CC(=O)CCc2ccccc2C2CC(c3ccc(F)cc3)=CC2C(=O)c2c(F)cc(F)cc2F)C1. The highest BCUT2D eigenvalue weighted by Gasteiger charge is 2.38. The molecular weight excluding hydrogens is 516 g/mol. The normalized spacial score (nSPS) is 18.4. The van der Waals surface area contributed by atoms with E-state index in [4.69, 9.17) is 0 Å². The minimum atomic E-state index is -1.25. The molecule has 2 unspecified atom stereocenters. The molecule has 0 N–H and O–H groups in total. The summed E-state index contributed by atoms with van der Waals surface area (Å²) >= 11 is 0. The number of carbonyl (C=O) groups excluding carboxylic acids is 2. The maximum atomic E-state index is 14.7. The van der Waals surface area contributed by atoms with Crippen LogP contribution in [0.2, 0.25) is 0 Å². The molecule has 0 heterocycles. The highest BCUT2D eigenvalue weighted by atomic mass is 19.1. The molecule has 204 valence electrons. The van der Waals surface area contributed by atoms with Crippen LogP contribution in [0.4, 0.5) is 17.6 Å². The van der Waals surface area contributed by atoms with Gasteiger partial charge < -0.3 is 0 Å². The van der Waals surface area contributed by atoms with Crippen LogP contribution in [0.15, 0.2) is 90.0 Å². The van der Waals surface area contributed by atoms with Gasteiger partial charge in [0.15, 0.2) is 5.78 Å². The largest absolute Gasteiger partial charge is 0.299 e. The van der Waals surface area contributed by atoms with Crippen LogP contribution in [0.25, 0.3) is 5.57 Å². The zero-order valence-corrected chi connectivity index (χ0v) is 22.0. The predicted molar refractivity (Wildman–Crippen MR) is 147 cm³/mol. The Morgan fingerprint density at radius 2 is 1.57 bits per heavy atom. The summed E-state index contributed by atoms with van der Waals surface area (Å²) in [5.74, 6) is -6.12. The number of carbonyl (C=O) groups is 2. The molecular formula is C34H28F4O2. The third kappa shape index (κ3) is 5.91. The van der Waals surface area contributed by atoms with Crippen LogP contribution in [0.1, 0.15) is 65.6 Å². The standard InChI is InChI=1S/C34H28F4O2/c1-20-6-7-21(14-20)15-27(39)13-10-23-4-2-3-5-28(23)29-16-24(22-8-11-25(35)12-9-22)17-30(29)34(40)33-31(37)18-26(36)19-32(33)38/h2-9,11-12,17-19,29-30H,10,13-16H2,1H3. The molecule has 6 heteroatoms. The lowest BCUT2D eigenvalue weighted by atomic mass is 9.80. The van der Waals surface area contributed by atoms with E-state index in [1.807, 2.05) is 43.3 Å². The van der Waals surface area contributed by atoms with Crippen molar-refractivity contribution in [1.29, 1.82) is 0 Å². The number of rotatable bonds is 9. The minimum absolute atomic E-state index is 0.115. The van der Waals surface area contributed by atoms with Crippen molar-refractivity contribution in [3.63, 3.8) is 0 Å². The molecule has 3 aromatic carbocycles. The van der Waals surface area contributed by atoms with Gasteiger partial charge in [-0.1, -0.05) is 65.8 Å². The van der Waals surface area contributed by atoms with Crippen molar-refractivity contribution in [3.8, 4) is 0 Å². The summed E-state index contributed by atoms with van der Waals surface area (Å²) < 4.78 is 56.5. The quantitative estimate of drug-likeness (QED) is 0.200. The molecule has 2 atom stereocenters. The van der Waals surface area contributed by atoms with Gasteiger partial charge in [0.25, 0.3) is 0 Å². The molecule has 2 nitrogen and oxygen atoms in total.